The number of nitrogens with two attached hydrogens (primary N) is 1. The van der Waals surface area contributed by atoms with Crippen molar-refractivity contribution in [2.24, 2.45) is 5.73 Å². The summed E-state index contributed by atoms with van der Waals surface area (Å²) in [6.07, 6.45) is 8.37. The van der Waals surface area contributed by atoms with Gasteiger partial charge in [0.15, 0.2) is 5.82 Å². The number of fused-ring (bicyclic) bond motifs is 3. The summed E-state index contributed by atoms with van der Waals surface area (Å²) in [5.41, 5.74) is 8.25. The number of aromatic nitrogens is 4. The molecular weight excluding hydrogens is 308 g/mol. The predicted octanol–water partition coefficient (Wildman–Crippen LogP) is 2.72. The highest BCUT2D eigenvalue weighted by atomic mass is 32.1. The van der Waals surface area contributed by atoms with Gasteiger partial charge in [-0.1, -0.05) is 0 Å². The van der Waals surface area contributed by atoms with Gasteiger partial charge in [0, 0.05) is 23.7 Å². The molecule has 3 aromatic rings. The van der Waals surface area contributed by atoms with Crippen LogP contribution in [0.4, 0.5) is 5.82 Å². The Morgan fingerprint density at radius 3 is 3.00 bits per heavy atom. The van der Waals surface area contributed by atoms with Crippen LogP contribution in [0.3, 0.4) is 0 Å². The van der Waals surface area contributed by atoms with Crippen molar-refractivity contribution in [1.82, 2.24) is 20.2 Å². The van der Waals surface area contributed by atoms with Crippen molar-refractivity contribution in [3.8, 4) is 11.4 Å². The van der Waals surface area contributed by atoms with Crippen LogP contribution < -0.4 is 11.1 Å². The molecule has 4 N–H and O–H groups in total. The monoisotopic (exact) mass is 328 g/mol. The summed E-state index contributed by atoms with van der Waals surface area (Å²) in [4.78, 5) is 12.1. The van der Waals surface area contributed by atoms with Crippen molar-refractivity contribution in [3.63, 3.8) is 0 Å². The standard InChI is InChI=1S/C16H20N6S/c1-9(17)6-18-15-13-11-4-2-3-5-12(11)23-16(13)22-14(21-15)10-7-19-20-8-10/h7-9H,2-6,17H2,1H3,(H,19,20)(H,18,21,22). The second-order valence-corrected chi connectivity index (χ2v) is 7.22. The Bertz CT molecular complexity index is 821. The van der Waals surface area contributed by atoms with Crippen LogP contribution in [0.2, 0.25) is 0 Å². The van der Waals surface area contributed by atoms with Crippen molar-refractivity contribution >= 4 is 27.4 Å². The summed E-state index contributed by atoms with van der Waals surface area (Å²) in [5.74, 6) is 1.61. The van der Waals surface area contributed by atoms with Crippen molar-refractivity contribution in [2.45, 2.75) is 38.6 Å². The molecule has 0 radical (unpaired) electrons. The molecule has 1 atom stereocenters. The quantitative estimate of drug-likeness (QED) is 0.685. The van der Waals surface area contributed by atoms with Gasteiger partial charge in [-0.2, -0.15) is 5.10 Å². The molecule has 0 saturated carbocycles. The molecule has 23 heavy (non-hydrogen) atoms. The molecule has 0 aromatic carbocycles. The van der Waals surface area contributed by atoms with E-state index < -0.39 is 0 Å². The fraction of sp³-hybridized carbons (Fsp3) is 0.438. The van der Waals surface area contributed by atoms with Gasteiger partial charge in [0.1, 0.15) is 10.6 Å². The largest absolute Gasteiger partial charge is 0.368 e. The van der Waals surface area contributed by atoms with E-state index in [0.717, 1.165) is 29.1 Å². The van der Waals surface area contributed by atoms with Crippen LogP contribution in [-0.4, -0.2) is 32.8 Å². The Morgan fingerprint density at radius 2 is 2.22 bits per heavy atom. The van der Waals surface area contributed by atoms with Crippen LogP contribution in [0, 0.1) is 0 Å². The first-order valence-electron chi connectivity index (χ1n) is 8.03. The highest BCUT2D eigenvalue weighted by Gasteiger charge is 2.21. The van der Waals surface area contributed by atoms with Gasteiger partial charge in [0.2, 0.25) is 0 Å². The summed E-state index contributed by atoms with van der Waals surface area (Å²) < 4.78 is 0. The number of anilines is 1. The number of aromatic amines is 1. The summed E-state index contributed by atoms with van der Waals surface area (Å²) in [5, 5.41) is 11.5. The average molecular weight is 328 g/mol. The van der Waals surface area contributed by atoms with E-state index in [1.54, 1.807) is 17.5 Å². The van der Waals surface area contributed by atoms with Gasteiger partial charge in [0.05, 0.1) is 17.1 Å². The van der Waals surface area contributed by atoms with E-state index in [0.29, 0.717) is 12.4 Å². The highest BCUT2D eigenvalue weighted by Crippen LogP contribution is 2.39. The first-order chi connectivity index (χ1) is 11.2. The van der Waals surface area contributed by atoms with E-state index in [4.69, 9.17) is 15.7 Å². The van der Waals surface area contributed by atoms with Gasteiger partial charge in [-0.3, -0.25) is 5.10 Å². The Balaban J connectivity index is 1.88. The Morgan fingerprint density at radius 1 is 1.35 bits per heavy atom. The van der Waals surface area contributed by atoms with Crippen molar-refractivity contribution < 1.29 is 0 Å². The maximum Gasteiger partial charge on any atom is 0.166 e. The molecule has 120 valence electrons. The number of nitrogens with one attached hydrogen (secondary N) is 2. The lowest BCUT2D eigenvalue weighted by Crippen LogP contribution is -2.25. The zero-order valence-corrected chi connectivity index (χ0v) is 13.9. The molecule has 4 rings (SSSR count). The smallest absolute Gasteiger partial charge is 0.166 e. The van der Waals surface area contributed by atoms with E-state index in [2.05, 4.69) is 15.5 Å². The SMILES string of the molecule is CC(N)CNc1nc(-c2cn[nH]c2)nc2sc3c(c12)CCCC3. The van der Waals surface area contributed by atoms with Gasteiger partial charge in [-0.15, -0.1) is 11.3 Å². The normalized spacial score (nSPS) is 15.6. The molecule has 0 bridgehead atoms. The fourth-order valence-electron chi connectivity index (χ4n) is 3.05. The summed E-state index contributed by atoms with van der Waals surface area (Å²) in [7, 11) is 0. The predicted molar refractivity (Wildman–Crippen MR) is 93.8 cm³/mol. The van der Waals surface area contributed by atoms with Crippen LogP contribution >= 0.6 is 11.3 Å². The third-order valence-corrected chi connectivity index (χ3v) is 5.35. The molecule has 1 aliphatic carbocycles. The van der Waals surface area contributed by atoms with E-state index in [1.807, 2.05) is 13.1 Å². The molecule has 6 nitrogen and oxygen atoms in total. The Kier molecular flexibility index (Phi) is 3.74. The number of rotatable bonds is 4. The lowest BCUT2D eigenvalue weighted by atomic mass is 9.97. The van der Waals surface area contributed by atoms with Crippen LogP contribution in [0.5, 0.6) is 0 Å². The summed E-state index contributed by atoms with van der Waals surface area (Å²) in [6.45, 7) is 2.69. The highest BCUT2D eigenvalue weighted by molar-refractivity contribution is 7.19. The van der Waals surface area contributed by atoms with Gasteiger partial charge >= 0.3 is 0 Å². The lowest BCUT2D eigenvalue weighted by Gasteiger charge is -2.14. The van der Waals surface area contributed by atoms with Crippen molar-refractivity contribution in [1.29, 1.82) is 0 Å². The van der Waals surface area contributed by atoms with Gasteiger partial charge in [-0.25, -0.2) is 9.97 Å². The molecule has 3 aromatic heterocycles. The zero-order valence-electron chi connectivity index (χ0n) is 13.1. The first-order valence-corrected chi connectivity index (χ1v) is 8.85. The summed E-state index contributed by atoms with van der Waals surface area (Å²) in [6, 6.07) is 0.0758. The molecule has 0 amide bonds. The molecule has 7 heteroatoms. The van der Waals surface area contributed by atoms with Crippen molar-refractivity contribution in [3.05, 3.63) is 22.8 Å². The topological polar surface area (TPSA) is 92.5 Å². The Hall–Kier alpha value is -1.99. The van der Waals surface area contributed by atoms with Crippen molar-refractivity contribution in [2.75, 3.05) is 11.9 Å². The van der Waals surface area contributed by atoms with Crippen LogP contribution in [0.25, 0.3) is 21.6 Å². The minimum atomic E-state index is 0.0758. The van der Waals surface area contributed by atoms with E-state index in [-0.39, 0.29) is 6.04 Å². The molecular formula is C16H20N6S. The second-order valence-electron chi connectivity index (χ2n) is 6.13. The molecule has 1 aliphatic rings. The number of nitrogens with zero attached hydrogens (tertiary/aromatic N) is 3. The molecule has 0 spiro atoms. The number of hydrogen-bond donors (Lipinski definition) is 3. The van der Waals surface area contributed by atoms with Crippen LogP contribution in [0.1, 0.15) is 30.2 Å². The molecule has 0 fully saturated rings. The van der Waals surface area contributed by atoms with Gasteiger partial charge in [-0.05, 0) is 38.2 Å². The van der Waals surface area contributed by atoms with Crippen LogP contribution in [0.15, 0.2) is 12.4 Å². The van der Waals surface area contributed by atoms with Gasteiger partial charge < -0.3 is 11.1 Å². The second kappa shape index (κ2) is 5.90. The minimum absolute atomic E-state index is 0.0758. The van der Waals surface area contributed by atoms with Gasteiger partial charge in [0.25, 0.3) is 0 Å². The lowest BCUT2D eigenvalue weighted by molar-refractivity contribution is 0.700. The molecule has 3 heterocycles. The number of aryl methyl sites for hydroxylation is 2. The van der Waals surface area contributed by atoms with E-state index >= 15 is 0 Å². The Labute approximate surface area is 138 Å². The minimum Gasteiger partial charge on any atom is -0.368 e. The zero-order chi connectivity index (χ0) is 15.8. The third kappa shape index (κ3) is 2.70. The summed E-state index contributed by atoms with van der Waals surface area (Å²) >= 11 is 1.81. The van der Waals surface area contributed by atoms with Crippen LogP contribution in [-0.2, 0) is 12.8 Å². The maximum absolute atomic E-state index is 5.91. The molecule has 1 unspecified atom stereocenters. The third-order valence-electron chi connectivity index (χ3n) is 4.16. The fourth-order valence-corrected chi connectivity index (χ4v) is 4.31. The van der Waals surface area contributed by atoms with E-state index in [9.17, 15) is 0 Å². The first kappa shape index (κ1) is 14.6. The number of thiophene rings is 1. The molecule has 0 aliphatic heterocycles. The average Bonchev–Trinajstić information content (AvgIpc) is 3.19. The number of H-pyrrole nitrogens is 1. The number of hydrogen-bond acceptors (Lipinski definition) is 6. The van der Waals surface area contributed by atoms with E-state index in [1.165, 1.54) is 28.7 Å². The maximum atomic E-state index is 5.91. The molecule has 0 saturated heterocycles.